The van der Waals surface area contributed by atoms with Gasteiger partial charge >= 0.3 is 17.8 Å². The van der Waals surface area contributed by atoms with Gasteiger partial charge in [0.25, 0.3) is 0 Å². The lowest BCUT2D eigenvalue weighted by Crippen LogP contribution is -2.57. The Labute approximate surface area is 170 Å². The number of carbonyl (C=O) groups is 4. The van der Waals surface area contributed by atoms with E-state index in [9.17, 15) is 34.4 Å². The van der Waals surface area contributed by atoms with E-state index in [-0.39, 0.29) is 43.3 Å². The van der Waals surface area contributed by atoms with Crippen molar-refractivity contribution in [3.8, 4) is 0 Å². The van der Waals surface area contributed by atoms with Crippen LogP contribution in [0.5, 0.6) is 0 Å². The summed E-state index contributed by atoms with van der Waals surface area (Å²) in [5, 5.41) is 28.5. The van der Waals surface area contributed by atoms with Crippen molar-refractivity contribution in [1.82, 2.24) is 9.91 Å². The van der Waals surface area contributed by atoms with Gasteiger partial charge in [0, 0.05) is 13.1 Å². The molecule has 2 amide bonds. The highest BCUT2D eigenvalue weighted by molar-refractivity contribution is 5.93. The SMILES string of the molecule is NC(N)=NCCC[C@@H](C(=O)O)N(C(=O)[C@@H]1CCCN1C(=O)[C@@H](N)CC(=O)O)[N+](=O)[O-]. The number of carboxylic acid groups (broad SMARTS) is 2. The summed E-state index contributed by atoms with van der Waals surface area (Å²) in [7, 11) is 0. The van der Waals surface area contributed by atoms with Gasteiger partial charge < -0.3 is 32.3 Å². The first-order chi connectivity index (χ1) is 14.0. The molecular weight excluding hydrogens is 406 g/mol. The molecule has 1 rings (SSSR count). The molecule has 1 heterocycles. The number of nitrogens with two attached hydrogens (primary N) is 3. The van der Waals surface area contributed by atoms with Crippen LogP contribution in [0.1, 0.15) is 32.1 Å². The number of rotatable bonds is 11. The van der Waals surface area contributed by atoms with Crippen LogP contribution < -0.4 is 17.2 Å². The summed E-state index contributed by atoms with van der Waals surface area (Å²) < 4.78 is 0. The zero-order valence-corrected chi connectivity index (χ0v) is 16.0. The number of nitrogens with zero attached hydrogens (tertiary/aromatic N) is 4. The smallest absolute Gasteiger partial charge is 0.332 e. The topological polar surface area (TPSA) is 249 Å². The fourth-order valence-electron chi connectivity index (χ4n) is 3.12. The Hall–Kier alpha value is -3.49. The molecule has 1 saturated heterocycles. The van der Waals surface area contributed by atoms with E-state index in [2.05, 4.69) is 4.99 Å². The van der Waals surface area contributed by atoms with E-state index >= 15 is 0 Å². The number of amides is 2. The number of carboxylic acids is 2. The quantitative estimate of drug-likeness (QED) is 0.0740. The van der Waals surface area contributed by atoms with Gasteiger partial charge in [-0.05, 0) is 30.7 Å². The zero-order valence-electron chi connectivity index (χ0n) is 16.0. The fraction of sp³-hybridized carbons (Fsp3) is 0.667. The summed E-state index contributed by atoms with van der Waals surface area (Å²) in [6.07, 6.45) is -0.580. The third-order valence-electron chi connectivity index (χ3n) is 4.44. The highest BCUT2D eigenvalue weighted by Gasteiger charge is 2.46. The summed E-state index contributed by atoms with van der Waals surface area (Å²) in [5.74, 6) is -5.21. The van der Waals surface area contributed by atoms with E-state index < -0.39 is 53.3 Å². The van der Waals surface area contributed by atoms with Crippen LogP contribution in [0.15, 0.2) is 4.99 Å². The molecule has 3 atom stereocenters. The first-order valence-electron chi connectivity index (χ1n) is 9.00. The minimum Gasteiger partial charge on any atom is -0.481 e. The van der Waals surface area contributed by atoms with Gasteiger partial charge in [-0.25, -0.2) is 14.9 Å². The van der Waals surface area contributed by atoms with Crippen molar-refractivity contribution >= 4 is 29.7 Å². The molecule has 168 valence electrons. The van der Waals surface area contributed by atoms with Gasteiger partial charge in [0.05, 0.1) is 12.5 Å². The predicted octanol–water partition coefficient (Wildman–Crippen LogP) is -2.69. The first kappa shape index (κ1) is 24.5. The number of aliphatic imine (C=N–C) groups is 1. The first-order valence-corrected chi connectivity index (χ1v) is 9.00. The molecule has 30 heavy (non-hydrogen) atoms. The Kier molecular flexibility index (Phi) is 8.91. The second-order valence-electron chi connectivity index (χ2n) is 6.62. The molecule has 0 aliphatic carbocycles. The molecular formula is C15H25N7O8. The summed E-state index contributed by atoms with van der Waals surface area (Å²) in [5.41, 5.74) is 15.9. The maximum Gasteiger partial charge on any atom is 0.332 e. The van der Waals surface area contributed by atoms with Crippen LogP contribution in [-0.2, 0) is 19.2 Å². The van der Waals surface area contributed by atoms with Gasteiger partial charge in [0.1, 0.15) is 6.04 Å². The average molecular weight is 431 g/mol. The largest absolute Gasteiger partial charge is 0.481 e. The van der Waals surface area contributed by atoms with Crippen molar-refractivity contribution in [3.63, 3.8) is 0 Å². The molecule has 15 heteroatoms. The van der Waals surface area contributed by atoms with Crippen molar-refractivity contribution in [1.29, 1.82) is 0 Å². The van der Waals surface area contributed by atoms with E-state index in [1.54, 1.807) is 0 Å². The number of hydrogen-bond donors (Lipinski definition) is 5. The maximum atomic E-state index is 12.8. The lowest BCUT2D eigenvalue weighted by molar-refractivity contribution is -0.641. The van der Waals surface area contributed by atoms with Gasteiger partial charge in [-0.2, -0.15) is 0 Å². The van der Waals surface area contributed by atoms with Crippen molar-refractivity contribution in [2.24, 2.45) is 22.2 Å². The van der Waals surface area contributed by atoms with Crippen molar-refractivity contribution in [3.05, 3.63) is 10.1 Å². The lowest BCUT2D eigenvalue weighted by atomic mass is 10.1. The van der Waals surface area contributed by atoms with E-state index in [0.29, 0.717) is 6.42 Å². The molecule has 0 saturated carbocycles. The molecule has 0 aromatic carbocycles. The minimum atomic E-state index is -1.81. The monoisotopic (exact) mass is 431 g/mol. The molecule has 1 aliphatic rings. The Morgan fingerprint density at radius 1 is 1.27 bits per heavy atom. The molecule has 1 fully saturated rings. The van der Waals surface area contributed by atoms with Crippen molar-refractivity contribution in [2.75, 3.05) is 13.1 Å². The number of carbonyl (C=O) groups excluding carboxylic acids is 2. The van der Waals surface area contributed by atoms with E-state index in [4.69, 9.17) is 22.3 Å². The van der Waals surface area contributed by atoms with Crippen LogP contribution >= 0.6 is 0 Å². The van der Waals surface area contributed by atoms with Crippen LogP contribution in [0, 0.1) is 10.1 Å². The van der Waals surface area contributed by atoms with E-state index in [1.807, 2.05) is 0 Å². The van der Waals surface area contributed by atoms with Gasteiger partial charge in [0.15, 0.2) is 17.0 Å². The van der Waals surface area contributed by atoms with Crippen LogP contribution in [0.2, 0.25) is 0 Å². The molecule has 0 spiro atoms. The molecule has 15 nitrogen and oxygen atoms in total. The van der Waals surface area contributed by atoms with E-state index in [1.165, 1.54) is 0 Å². The Balaban J connectivity index is 3.03. The summed E-state index contributed by atoms with van der Waals surface area (Å²) in [6.45, 7) is 0.0419. The van der Waals surface area contributed by atoms with Crippen LogP contribution in [0.4, 0.5) is 0 Å². The third kappa shape index (κ3) is 6.54. The Morgan fingerprint density at radius 2 is 1.90 bits per heavy atom. The summed E-state index contributed by atoms with van der Waals surface area (Å²) in [4.78, 5) is 63.7. The summed E-state index contributed by atoms with van der Waals surface area (Å²) >= 11 is 0. The second-order valence-corrected chi connectivity index (χ2v) is 6.62. The van der Waals surface area contributed by atoms with Gasteiger partial charge in [-0.15, -0.1) is 0 Å². The highest BCUT2D eigenvalue weighted by atomic mass is 16.7. The fourth-order valence-corrected chi connectivity index (χ4v) is 3.12. The van der Waals surface area contributed by atoms with Crippen molar-refractivity contribution < 1.29 is 34.4 Å². The highest BCUT2D eigenvalue weighted by Crippen LogP contribution is 2.23. The molecule has 0 aromatic heterocycles. The molecule has 1 aliphatic heterocycles. The number of likely N-dealkylation sites (tertiary alicyclic amines) is 1. The Bertz CT molecular complexity index is 724. The predicted molar refractivity (Wildman–Crippen MR) is 100 cm³/mol. The van der Waals surface area contributed by atoms with Gasteiger partial charge in [0.2, 0.25) is 5.91 Å². The number of hydrogen-bond acceptors (Lipinski definition) is 8. The zero-order chi connectivity index (χ0) is 23.0. The number of hydrazine groups is 1. The van der Waals surface area contributed by atoms with E-state index in [0.717, 1.165) is 4.90 Å². The Morgan fingerprint density at radius 3 is 2.40 bits per heavy atom. The number of aliphatic carboxylic acids is 2. The normalized spacial score (nSPS) is 17.6. The average Bonchev–Trinajstić information content (AvgIpc) is 3.11. The maximum absolute atomic E-state index is 12.8. The molecule has 0 unspecified atom stereocenters. The van der Waals surface area contributed by atoms with Crippen LogP contribution in [-0.4, -0.2) is 86.1 Å². The molecule has 0 aromatic rings. The number of nitro groups is 1. The van der Waals surface area contributed by atoms with Gasteiger partial charge in [-0.1, -0.05) is 0 Å². The standard InChI is InChI=1S/C15H25N7O8/c16-8(7-11(23)24)12(25)20-6-2-4-9(20)13(26)21(22(29)30)10(14(27)28)3-1-5-19-15(17)18/h8-10H,1-7,16H2,(H,23,24)(H,27,28)(H4,17,18,19)/t8-,9-,10-/m0/s1. The summed E-state index contributed by atoms with van der Waals surface area (Å²) in [6, 6.07) is -4.57. The minimum absolute atomic E-state index is 0.00391. The lowest BCUT2D eigenvalue weighted by Gasteiger charge is -2.28. The molecule has 0 bridgehead atoms. The van der Waals surface area contributed by atoms with Crippen LogP contribution in [0.25, 0.3) is 0 Å². The third-order valence-corrected chi connectivity index (χ3v) is 4.44. The van der Waals surface area contributed by atoms with Gasteiger partial charge in [-0.3, -0.25) is 19.4 Å². The molecule has 0 radical (unpaired) electrons. The second kappa shape index (κ2) is 10.9. The van der Waals surface area contributed by atoms with Crippen LogP contribution in [0.3, 0.4) is 0 Å². The number of guanidine groups is 1. The van der Waals surface area contributed by atoms with Crippen molar-refractivity contribution in [2.45, 2.75) is 50.2 Å². The molecule has 8 N–H and O–H groups in total.